The van der Waals surface area contributed by atoms with Crippen molar-refractivity contribution >= 4 is 5.82 Å². The van der Waals surface area contributed by atoms with Gasteiger partial charge in [-0.05, 0) is 6.07 Å². The average Bonchev–Trinajstić information content (AvgIpc) is 3.28. The smallest absolute Gasteiger partial charge is 0.158 e. The Morgan fingerprint density at radius 3 is 2.62 bits per heavy atom. The van der Waals surface area contributed by atoms with Crippen LogP contribution in [0.5, 0.6) is 0 Å². The molecular weight excluding hydrogens is 306 g/mol. The number of aryl methyl sites for hydroxylation is 1. The molecule has 0 atom stereocenters. The fourth-order valence-electron chi connectivity index (χ4n) is 2.87. The second-order valence-electron chi connectivity index (χ2n) is 5.83. The van der Waals surface area contributed by atoms with E-state index in [2.05, 4.69) is 35.2 Å². The molecule has 0 saturated carbocycles. The summed E-state index contributed by atoms with van der Waals surface area (Å²) >= 11 is 0. The zero-order valence-electron chi connectivity index (χ0n) is 13.5. The minimum absolute atomic E-state index is 0.784. The maximum absolute atomic E-state index is 4.41. The van der Waals surface area contributed by atoms with Crippen molar-refractivity contribution < 1.29 is 0 Å². The summed E-state index contributed by atoms with van der Waals surface area (Å²) in [4.78, 5) is 13.4. The first-order valence-corrected chi connectivity index (χ1v) is 7.92. The summed E-state index contributed by atoms with van der Waals surface area (Å²) in [5.41, 5.74) is 1.01. The van der Waals surface area contributed by atoms with E-state index in [-0.39, 0.29) is 0 Å². The molecule has 1 aliphatic heterocycles. The highest BCUT2D eigenvalue weighted by molar-refractivity contribution is 5.43. The van der Waals surface area contributed by atoms with Crippen molar-refractivity contribution in [1.82, 2.24) is 39.6 Å². The first kappa shape index (κ1) is 14.8. The normalized spacial score (nSPS) is 15.8. The van der Waals surface area contributed by atoms with Gasteiger partial charge in [0, 0.05) is 64.4 Å². The van der Waals surface area contributed by atoms with Crippen molar-refractivity contribution in [2.75, 3.05) is 31.1 Å². The second kappa shape index (κ2) is 6.36. The lowest BCUT2D eigenvalue weighted by Crippen LogP contribution is -2.46. The summed E-state index contributed by atoms with van der Waals surface area (Å²) in [6.07, 6.45) is 7.18. The summed E-state index contributed by atoms with van der Waals surface area (Å²) in [6, 6.07) is 3.86. The summed E-state index contributed by atoms with van der Waals surface area (Å²) in [5, 5.41) is 12.4. The number of aromatic nitrogens is 7. The van der Waals surface area contributed by atoms with Crippen molar-refractivity contribution in [1.29, 1.82) is 0 Å². The van der Waals surface area contributed by atoms with Crippen LogP contribution in [0.15, 0.2) is 37.1 Å². The highest BCUT2D eigenvalue weighted by Gasteiger charge is 2.19. The highest BCUT2D eigenvalue weighted by atomic mass is 15.4. The van der Waals surface area contributed by atoms with Crippen molar-refractivity contribution in [3.05, 3.63) is 42.7 Å². The third kappa shape index (κ3) is 3.11. The highest BCUT2D eigenvalue weighted by Crippen LogP contribution is 2.16. The first-order valence-electron chi connectivity index (χ1n) is 7.92. The number of hydrogen-bond donors (Lipinski definition) is 0. The van der Waals surface area contributed by atoms with Gasteiger partial charge in [0.25, 0.3) is 0 Å². The zero-order chi connectivity index (χ0) is 16.4. The molecule has 0 amide bonds. The van der Waals surface area contributed by atoms with Crippen molar-refractivity contribution in [3.63, 3.8) is 0 Å². The van der Waals surface area contributed by atoms with E-state index >= 15 is 0 Å². The van der Waals surface area contributed by atoms with Crippen molar-refractivity contribution in [2.24, 2.45) is 7.05 Å². The van der Waals surface area contributed by atoms with E-state index < -0.39 is 0 Å². The van der Waals surface area contributed by atoms with Crippen LogP contribution in [0, 0.1) is 0 Å². The van der Waals surface area contributed by atoms with Crippen molar-refractivity contribution in [3.8, 4) is 5.82 Å². The Kier molecular flexibility index (Phi) is 3.91. The Morgan fingerprint density at radius 2 is 1.92 bits per heavy atom. The molecule has 3 aromatic rings. The Balaban J connectivity index is 1.40. The topological polar surface area (TPSA) is 80.8 Å². The fraction of sp³-hybridized carbons (Fsp3) is 0.400. The van der Waals surface area contributed by atoms with E-state index in [9.17, 15) is 0 Å². The molecule has 9 nitrogen and oxygen atoms in total. The Hall–Kier alpha value is -2.81. The second-order valence-corrected chi connectivity index (χ2v) is 5.83. The van der Waals surface area contributed by atoms with Gasteiger partial charge in [-0.2, -0.15) is 5.10 Å². The van der Waals surface area contributed by atoms with E-state index in [0.29, 0.717) is 0 Å². The standard InChI is InChI=1S/C15H19N9/c1-21-10-13(19-20-21)11-22-5-7-23(8-6-22)14-9-15(17-12-16-14)24-4-2-3-18-24/h2-4,9-10,12H,5-8,11H2,1H3. The summed E-state index contributed by atoms with van der Waals surface area (Å²) in [7, 11) is 1.89. The minimum Gasteiger partial charge on any atom is -0.354 e. The average molecular weight is 325 g/mol. The van der Waals surface area contributed by atoms with E-state index in [1.165, 1.54) is 0 Å². The van der Waals surface area contributed by atoms with Gasteiger partial charge in [0.15, 0.2) is 5.82 Å². The molecule has 9 heteroatoms. The molecule has 0 radical (unpaired) electrons. The minimum atomic E-state index is 0.784. The molecule has 0 spiro atoms. The van der Waals surface area contributed by atoms with Crippen LogP contribution in [0.3, 0.4) is 0 Å². The molecule has 0 N–H and O–H groups in total. The van der Waals surface area contributed by atoms with E-state index in [4.69, 9.17) is 0 Å². The third-order valence-corrected chi connectivity index (χ3v) is 4.11. The number of rotatable bonds is 4. The monoisotopic (exact) mass is 325 g/mol. The van der Waals surface area contributed by atoms with Crippen LogP contribution in [0.25, 0.3) is 5.82 Å². The van der Waals surface area contributed by atoms with Crippen molar-refractivity contribution in [2.45, 2.75) is 6.54 Å². The lowest BCUT2D eigenvalue weighted by molar-refractivity contribution is 0.246. The van der Waals surface area contributed by atoms with Gasteiger partial charge in [-0.25, -0.2) is 14.6 Å². The fourth-order valence-corrected chi connectivity index (χ4v) is 2.87. The van der Waals surface area contributed by atoms with E-state index in [1.807, 2.05) is 31.6 Å². The molecule has 0 aliphatic carbocycles. The lowest BCUT2D eigenvalue weighted by atomic mass is 10.3. The molecule has 4 heterocycles. The molecule has 124 valence electrons. The van der Waals surface area contributed by atoms with Crippen LogP contribution in [-0.4, -0.2) is 65.8 Å². The summed E-state index contributed by atoms with van der Waals surface area (Å²) in [5.74, 6) is 1.72. The number of nitrogens with zero attached hydrogens (tertiary/aromatic N) is 9. The van der Waals surface area contributed by atoms with Gasteiger partial charge in [-0.15, -0.1) is 5.10 Å². The maximum Gasteiger partial charge on any atom is 0.158 e. The zero-order valence-corrected chi connectivity index (χ0v) is 13.5. The van der Waals surface area contributed by atoms with E-state index in [1.54, 1.807) is 21.9 Å². The predicted octanol–water partition coefficient (Wildman–Crippen LogP) is 0.113. The van der Waals surface area contributed by atoms with Gasteiger partial charge in [0.2, 0.25) is 0 Å². The van der Waals surface area contributed by atoms with E-state index in [0.717, 1.165) is 50.1 Å². The van der Waals surface area contributed by atoms with Gasteiger partial charge < -0.3 is 4.90 Å². The predicted molar refractivity (Wildman–Crippen MR) is 87.6 cm³/mol. The number of piperazine rings is 1. The van der Waals surface area contributed by atoms with Gasteiger partial charge in [0.1, 0.15) is 12.1 Å². The Labute approximate surface area is 139 Å². The first-order chi connectivity index (χ1) is 11.8. The SMILES string of the molecule is Cn1cc(CN2CCN(c3cc(-n4cccn4)ncn3)CC2)nn1. The summed E-state index contributed by atoms with van der Waals surface area (Å²) < 4.78 is 3.48. The Bertz CT molecular complexity index is 787. The van der Waals surface area contributed by atoms with Crippen LogP contribution in [0.2, 0.25) is 0 Å². The van der Waals surface area contributed by atoms with Gasteiger partial charge in [0.05, 0.1) is 5.69 Å². The molecule has 0 aromatic carbocycles. The van der Waals surface area contributed by atoms with Crippen LogP contribution in [-0.2, 0) is 13.6 Å². The third-order valence-electron chi connectivity index (χ3n) is 4.11. The molecule has 0 bridgehead atoms. The molecule has 0 unspecified atom stereocenters. The molecule has 1 fully saturated rings. The molecule has 3 aromatic heterocycles. The largest absolute Gasteiger partial charge is 0.354 e. The van der Waals surface area contributed by atoms with Crippen LogP contribution in [0.4, 0.5) is 5.82 Å². The van der Waals surface area contributed by atoms with Gasteiger partial charge in [-0.3, -0.25) is 9.58 Å². The van der Waals surface area contributed by atoms with Crippen LogP contribution in [0.1, 0.15) is 5.69 Å². The maximum atomic E-state index is 4.41. The lowest BCUT2D eigenvalue weighted by Gasteiger charge is -2.34. The molecule has 4 rings (SSSR count). The number of hydrogen-bond acceptors (Lipinski definition) is 7. The molecule has 1 aliphatic rings. The van der Waals surface area contributed by atoms with Crippen LogP contribution >= 0.6 is 0 Å². The van der Waals surface area contributed by atoms with Gasteiger partial charge in [-0.1, -0.05) is 5.21 Å². The molecule has 1 saturated heterocycles. The quantitative estimate of drug-likeness (QED) is 0.673. The molecular formula is C15H19N9. The number of anilines is 1. The molecule has 24 heavy (non-hydrogen) atoms. The summed E-state index contributed by atoms with van der Waals surface area (Å²) in [6.45, 7) is 4.63. The Morgan fingerprint density at radius 1 is 1.08 bits per heavy atom. The van der Waals surface area contributed by atoms with Crippen LogP contribution < -0.4 is 4.90 Å². The van der Waals surface area contributed by atoms with Gasteiger partial charge >= 0.3 is 0 Å².